The first-order valence-corrected chi connectivity index (χ1v) is 5.15. The summed E-state index contributed by atoms with van der Waals surface area (Å²) in [5.41, 5.74) is 12.8. The van der Waals surface area contributed by atoms with E-state index in [0.717, 1.165) is 37.4 Å². The van der Waals surface area contributed by atoms with Crippen LogP contribution in [0.2, 0.25) is 0 Å². The third-order valence-electron chi connectivity index (χ3n) is 1.95. The van der Waals surface area contributed by atoms with Gasteiger partial charge in [-0.3, -0.25) is 9.98 Å². The van der Waals surface area contributed by atoms with E-state index in [1.807, 2.05) is 13.8 Å². The minimum atomic E-state index is 0.695. The van der Waals surface area contributed by atoms with Crippen molar-refractivity contribution in [2.45, 2.75) is 26.7 Å². The summed E-state index contributed by atoms with van der Waals surface area (Å²) < 4.78 is 0. The maximum atomic E-state index is 5.38. The summed E-state index contributed by atoms with van der Waals surface area (Å²) in [6.07, 6.45) is 1.88. The predicted octanol–water partition coefficient (Wildman–Crippen LogP) is 0.606. The third-order valence-corrected chi connectivity index (χ3v) is 1.95. The van der Waals surface area contributed by atoms with Crippen molar-refractivity contribution >= 4 is 11.4 Å². The first-order valence-electron chi connectivity index (χ1n) is 5.15. The Kier molecular flexibility index (Phi) is 8.37. The van der Waals surface area contributed by atoms with Crippen LogP contribution >= 0.6 is 0 Å². The molecule has 4 nitrogen and oxygen atoms in total. The van der Waals surface area contributed by atoms with Gasteiger partial charge in [-0.05, 0) is 39.8 Å². The lowest BCUT2D eigenvalue weighted by atomic mass is 10.3. The van der Waals surface area contributed by atoms with Gasteiger partial charge >= 0.3 is 0 Å². The molecule has 0 aliphatic heterocycles. The fraction of sp³-hybridized carbons (Fsp3) is 0.800. The maximum Gasteiger partial charge on any atom is 0.0524 e. The Labute approximate surface area is 86.5 Å². The van der Waals surface area contributed by atoms with E-state index in [9.17, 15) is 0 Å². The molecule has 0 spiro atoms. The largest absolute Gasteiger partial charge is 0.330 e. The highest BCUT2D eigenvalue weighted by Crippen LogP contribution is 1.88. The van der Waals surface area contributed by atoms with E-state index in [2.05, 4.69) is 9.98 Å². The molecule has 0 aromatic heterocycles. The van der Waals surface area contributed by atoms with Crippen molar-refractivity contribution in [1.29, 1.82) is 0 Å². The summed E-state index contributed by atoms with van der Waals surface area (Å²) in [5.74, 6) is 0. The Hall–Kier alpha value is -0.740. The topological polar surface area (TPSA) is 76.8 Å². The summed E-state index contributed by atoms with van der Waals surface area (Å²) in [7, 11) is 0. The Morgan fingerprint density at radius 2 is 1.21 bits per heavy atom. The van der Waals surface area contributed by atoms with E-state index in [1.54, 1.807) is 0 Å². The van der Waals surface area contributed by atoms with Gasteiger partial charge in [0.05, 0.1) is 11.4 Å². The van der Waals surface area contributed by atoms with E-state index in [-0.39, 0.29) is 0 Å². The van der Waals surface area contributed by atoms with Crippen molar-refractivity contribution in [2.24, 2.45) is 21.5 Å². The van der Waals surface area contributed by atoms with Crippen LogP contribution in [0.15, 0.2) is 9.98 Å². The van der Waals surface area contributed by atoms with Gasteiger partial charge < -0.3 is 11.5 Å². The van der Waals surface area contributed by atoms with Crippen molar-refractivity contribution in [1.82, 2.24) is 0 Å². The smallest absolute Gasteiger partial charge is 0.0524 e. The molecule has 0 aliphatic carbocycles. The third kappa shape index (κ3) is 6.74. The molecule has 14 heavy (non-hydrogen) atoms. The molecule has 0 saturated heterocycles. The Morgan fingerprint density at radius 3 is 1.50 bits per heavy atom. The maximum absolute atomic E-state index is 5.38. The molecule has 0 aliphatic rings. The van der Waals surface area contributed by atoms with E-state index in [0.29, 0.717) is 13.1 Å². The lowest BCUT2D eigenvalue weighted by molar-refractivity contribution is 0.841. The second-order valence-corrected chi connectivity index (χ2v) is 3.22. The van der Waals surface area contributed by atoms with Crippen molar-refractivity contribution < 1.29 is 0 Å². The quantitative estimate of drug-likeness (QED) is 0.464. The lowest BCUT2D eigenvalue weighted by Crippen LogP contribution is -2.10. The molecule has 0 bridgehead atoms. The normalized spacial score (nSPS) is 13.4. The van der Waals surface area contributed by atoms with Crippen LogP contribution in [0.5, 0.6) is 0 Å². The van der Waals surface area contributed by atoms with Gasteiger partial charge in [-0.1, -0.05) is 0 Å². The average Bonchev–Trinajstić information content (AvgIpc) is 2.18. The summed E-state index contributed by atoms with van der Waals surface area (Å²) >= 11 is 0. The zero-order valence-electron chi connectivity index (χ0n) is 9.29. The van der Waals surface area contributed by atoms with Crippen LogP contribution in [0, 0.1) is 0 Å². The minimum Gasteiger partial charge on any atom is -0.330 e. The first-order chi connectivity index (χ1) is 6.72. The van der Waals surface area contributed by atoms with Gasteiger partial charge in [0.25, 0.3) is 0 Å². The van der Waals surface area contributed by atoms with Crippen molar-refractivity contribution in [2.75, 3.05) is 26.2 Å². The molecule has 4 N–H and O–H groups in total. The molecule has 0 heterocycles. The fourth-order valence-corrected chi connectivity index (χ4v) is 0.905. The monoisotopic (exact) mass is 198 g/mol. The zero-order chi connectivity index (χ0) is 10.8. The number of nitrogens with zero attached hydrogens (tertiary/aromatic N) is 2. The standard InChI is InChI=1S/C10H22N4/c1-9(13-7-3-5-11)10(2)14-8-4-6-12/h3-8,11-12H2,1-2H3. The number of nitrogens with two attached hydrogens (primary N) is 2. The molecule has 0 rings (SSSR count). The fourth-order valence-electron chi connectivity index (χ4n) is 0.905. The SMILES string of the molecule is CC(=NCCCN)C(C)=NCCCN. The molecule has 0 aromatic carbocycles. The number of rotatable bonds is 7. The van der Waals surface area contributed by atoms with Crippen LogP contribution in [0.25, 0.3) is 0 Å². The van der Waals surface area contributed by atoms with Crippen LogP contribution in [0.1, 0.15) is 26.7 Å². The summed E-state index contributed by atoms with van der Waals surface area (Å²) in [6.45, 7) is 6.95. The molecule has 0 radical (unpaired) electrons. The first kappa shape index (κ1) is 13.3. The molecule has 0 fully saturated rings. The zero-order valence-corrected chi connectivity index (χ0v) is 9.29. The number of hydrogen-bond acceptors (Lipinski definition) is 4. The summed E-state index contributed by atoms with van der Waals surface area (Å²) in [5, 5.41) is 0. The van der Waals surface area contributed by atoms with E-state index < -0.39 is 0 Å². The van der Waals surface area contributed by atoms with Crippen LogP contribution in [-0.2, 0) is 0 Å². The van der Waals surface area contributed by atoms with E-state index in [1.165, 1.54) is 0 Å². The second kappa shape index (κ2) is 8.84. The molecule has 0 atom stereocenters. The van der Waals surface area contributed by atoms with Crippen LogP contribution in [-0.4, -0.2) is 37.6 Å². The number of hydrogen-bond donors (Lipinski definition) is 2. The van der Waals surface area contributed by atoms with Crippen LogP contribution in [0.3, 0.4) is 0 Å². The molecule has 0 aromatic rings. The predicted molar refractivity (Wildman–Crippen MR) is 63.3 cm³/mol. The van der Waals surface area contributed by atoms with Gasteiger partial charge in [-0.15, -0.1) is 0 Å². The van der Waals surface area contributed by atoms with Gasteiger partial charge in [0.1, 0.15) is 0 Å². The second-order valence-electron chi connectivity index (χ2n) is 3.22. The van der Waals surface area contributed by atoms with E-state index in [4.69, 9.17) is 11.5 Å². The molecule has 0 saturated carbocycles. The average molecular weight is 198 g/mol. The van der Waals surface area contributed by atoms with E-state index >= 15 is 0 Å². The minimum absolute atomic E-state index is 0.695. The van der Waals surface area contributed by atoms with Crippen molar-refractivity contribution in [3.8, 4) is 0 Å². The summed E-state index contributed by atoms with van der Waals surface area (Å²) in [4.78, 5) is 8.73. The molecule has 0 amide bonds. The van der Waals surface area contributed by atoms with Crippen molar-refractivity contribution in [3.05, 3.63) is 0 Å². The van der Waals surface area contributed by atoms with Gasteiger partial charge in [0.15, 0.2) is 0 Å². The number of aliphatic imine (C=N–C) groups is 2. The molecule has 82 valence electrons. The molecule has 4 heteroatoms. The molecular formula is C10H22N4. The van der Waals surface area contributed by atoms with Gasteiger partial charge in [-0.2, -0.15) is 0 Å². The molecular weight excluding hydrogens is 176 g/mol. The summed E-state index contributed by atoms with van der Waals surface area (Å²) in [6, 6.07) is 0. The Balaban J connectivity index is 3.89. The van der Waals surface area contributed by atoms with Gasteiger partial charge in [0.2, 0.25) is 0 Å². The Morgan fingerprint density at radius 1 is 0.857 bits per heavy atom. The highest BCUT2D eigenvalue weighted by Gasteiger charge is 1.94. The van der Waals surface area contributed by atoms with Crippen molar-refractivity contribution in [3.63, 3.8) is 0 Å². The molecule has 0 unspecified atom stereocenters. The van der Waals surface area contributed by atoms with Crippen LogP contribution in [0.4, 0.5) is 0 Å². The van der Waals surface area contributed by atoms with Gasteiger partial charge in [-0.25, -0.2) is 0 Å². The highest BCUT2D eigenvalue weighted by molar-refractivity contribution is 6.40. The van der Waals surface area contributed by atoms with Gasteiger partial charge in [0, 0.05) is 13.1 Å². The highest BCUT2D eigenvalue weighted by atomic mass is 14.8. The Bertz CT molecular complexity index is 174. The van der Waals surface area contributed by atoms with Crippen LogP contribution < -0.4 is 11.5 Å². The lowest BCUT2D eigenvalue weighted by Gasteiger charge is -2.00.